The van der Waals surface area contributed by atoms with Gasteiger partial charge in [-0.1, -0.05) is 46.8 Å². The lowest BCUT2D eigenvalue weighted by Crippen LogP contribution is -2.66. The lowest BCUT2D eigenvalue weighted by Gasteiger charge is -2.73. The molecule has 0 unspecified atom stereocenters. The van der Waals surface area contributed by atoms with E-state index in [2.05, 4.69) is 48.1 Å². The molecule has 0 radical (unpaired) electrons. The molecule has 5 aliphatic rings. The van der Waals surface area contributed by atoms with Crippen LogP contribution in [0.4, 0.5) is 0 Å². The highest BCUT2D eigenvalue weighted by Gasteiger charge is 2.70. The summed E-state index contributed by atoms with van der Waals surface area (Å²) < 4.78 is 0. The smallest absolute Gasteiger partial charge is 0.0594 e. The van der Waals surface area contributed by atoms with E-state index in [1.165, 1.54) is 63.4 Å². The van der Waals surface area contributed by atoms with Gasteiger partial charge in [0.2, 0.25) is 0 Å². The van der Waals surface area contributed by atoms with Crippen LogP contribution < -0.4 is 0 Å². The summed E-state index contributed by atoms with van der Waals surface area (Å²) >= 11 is 0. The molecule has 0 spiro atoms. The van der Waals surface area contributed by atoms with E-state index in [0.717, 1.165) is 18.3 Å². The van der Waals surface area contributed by atoms with Crippen molar-refractivity contribution in [3.8, 4) is 0 Å². The number of aliphatic hydroxyl groups excluding tert-OH is 2. The molecule has 32 heavy (non-hydrogen) atoms. The van der Waals surface area contributed by atoms with Crippen molar-refractivity contribution in [2.45, 2.75) is 112 Å². The Morgan fingerprint density at radius 3 is 2.19 bits per heavy atom. The fraction of sp³-hybridized carbons (Fsp3) is 0.933. The van der Waals surface area contributed by atoms with Crippen LogP contribution in [0.5, 0.6) is 0 Å². The minimum absolute atomic E-state index is 0.0290. The van der Waals surface area contributed by atoms with Crippen LogP contribution in [0.2, 0.25) is 0 Å². The van der Waals surface area contributed by atoms with Crippen molar-refractivity contribution < 1.29 is 10.2 Å². The van der Waals surface area contributed by atoms with Gasteiger partial charge in [0.1, 0.15) is 0 Å². The van der Waals surface area contributed by atoms with Gasteiger partial charge >= 0.3 is 0 Å². The Morgan fingerprint density at radius 2 is 1.53 bits per heavy atom. The first kappa shape index (κ1) is 23.4. The van der Waals surface area contributed by atoms with Gasteiger partial charge in [-0.15, -0.1) is 0 Å². The second-order valence-corrected chi connectivity index (χ2v) is 14.6. The van der Waals surface area contributed by atoms with Crippen LogP contribution in [0.15, 0.2) is 12.2 Å². The van der Waals surface area contributed by atoms with Crippen LogP contribution in [0.1, 0.15) is 106 Å². The fourth-order valence-corrected chi connectivity index (χ4v) is 11.5. The molecule has 5 fully saturated rings. The zero-order valence-corrected chi connectivity index (χ0v) is 21.8. The highest BCUT2D eigenvalue weighted by molar-refractivity contribution is 5.21. The molecule has 2 nitrogen and oxygen atoms in total. The van der Waals surface area contributed by atoms with Crippen LogP contribution in [0.25, 0.3) is 0 Å². The molecule has 0 aromatic carbocycles. The molecule has 0 aromatic rings. The minimum atomic E-state index is -0.147. The molecule has 0 aliphatic heterocycles. The summed E-state index contributed by atoms with van der Waals surface area (Å²) in [5, 5.41) is 21.5. The van der Waals surface area contributed by atoms with Gasteiger partial charge < -0.3 is 10.2 Å². The standard InChI is InChI=1S/C30H50O2/c1-19(2)20-10-15-30(18-31)17-16-28(6)21(25(20)30)8-9-23-27(5)13-12-24(32)26(3,4)22(27)11-14-29(23,28)7/h20-25,31-32H,1,8-18H2,2-7H3/t20-,21-,22-,23+,24-,25-,27+,28-,29+,30+/m1/s1. The van der Waals surface area contributed by atoms with Crippen LogP contribution in [0.3, 0.4) is 0 Å². The average molecular weight is 443 g/mol. The van der Waals surface area contributed by atoms with E-state index in [9.17, 15) is 10.2 Å². The van der Waals surface area contributed by atoms with Gasteiger partial charge in [0.25, 0.3) is 0 Å². The van der Waals surface area contributed by atoms with Crippen LogP contribution in [-0.2, 0) is 0 Å². The number of rotatable bonds is 2. The third kappa shape index (κ3) is 2.66. The first-order chi connectivity index (χ1) is 14.9. The highest BCUT2D eigenvalue weighted by atomic mass is 16.3. The van der Waals surface area contributed by atoms with Gasteiger partial charge in [0.15, 0.2) is 0 Å². The second kappa shape index (κ2) is 7.09. The van der Waals surface area contributed by atoms with E-state index in [1.54, 1.807) is 0 Å². The van der Waals surface area contributed by atoms with Gasteiger partial charge in [-0.2, -0.15) is 0 Å². The zero-order valence-electron chi connectivity index (χ0n) is 21.8. The van der Waals surface area contributed by atoms with Crippen molar-refractivity contribution in [3.63, 3.8) is 0 Å². The Kier molecular flexibility index (Phi) is 5.19. The molecule has 2 heteroatoms. The van der Waals surface area contributed by atoms with Gasteiger partial charge in [0, 0.05) is 6.61 Å². The quantitative estimate of drug-likeness (QED) is 0.452. The summed E-state index contributed by atoms with van der Waals surface area (Å²) in [6.45, 7) is 19.7. The topological polar surface area (TPSA) is 40.5 Å². The molecule has 0 saturated heterocycles. The predicted molar refractivity (Wildman–Crippen MR) is 132 cm³/mol. The normalized spacial score (nSPS) is 56.5. The number of aliphatic hydroxyl groups is 2. The lowest BCUT2D eigenvalue weighted by molar-refractivity contribution is -0.249. The largest absolute Gasteiger partial charge is 0.396 e. The highest BCUT2D eigenvalue weighted by Crippen LogP contribution is 2.77. The van der Waals surface area contributed by atoms with Crippen molar-refractivity contribution in [2.24, 2.45) is 56.7 Å². The average Bonchev–Trinajstić information content (AvgIpc) is 3.12. The van der Waals surface area contributed by atoms with Crippen molar-refractivity contribution in [1.82, 2.24) is 0 Å². The van der Waals surface area contributed by atoms with Crippen molar-refractivity contribution in [1.29, 1.82) is 0 Å². The summed E-state index contributed by atoms with van der Waals surface area (Å²) in [5.74, 6) is 3.33. The summed E-state index contributed by atoms with van der Waals surface area (Å²) in [7, 11) is 0. The molecule has 182 valence electrons. The molecule has 0 amide bonds. The van der Waals surface area contributed by atoms with E-state index in [-0.39, 0.29) is 16.9 Å². The third-order valence-electron chi connectivity index (χ3n) is 13.5. The Morgan fingerprint density at radius 1 is 0.812 bits per heavy atom. The molecule has 5 aliphatic carbocycles. The molecule has 0 bridgehead atoms. The summed E-state index contributed by atoms with van der Waals surface area (Å²) in [5.41, 5.74) is 2.60. The number of allylic oxidation sites excluding steroid dienone is 1. The monoisotopic (exact) mass is 442 g/mol. The number of hydrogen-bond donors (Lipinski definition) is 2. The third-order valence-corrected chi connectivity index (χ3v) is 13.5. The van der Waals surface area contributed by atoms with Gasteiger partial charge in [0.05, 0.1) is 6.10 Å². The van der Waals surface area contributed by atoms with Crippen LogP contribution in [-0.4, -0.2) is 22.9 Å². The van der Waals surface area contributed by atoms with E-state index in [4.69, 9.17) is 0 Å². The fourth-order valence-electron chi connectivity index (χ4n) is 11.5. The van der Waals surface area contributed by atoms with E-state index in [1.807, 2.05) is 0 Å². The van der Waals surface area contributed by atoms with Gasteiger partial charge in [-0.25, -0.2) is 0 Å². The molecule has 10 atom stereocenters. The maximum atomic E-state index is 10.9. The number of hydrogen-bond acceptors (Lipinski definition) is 2. The van der Waals surface area contributed by atoms with Crippen LogP contribution in [0, 0.1) is 56.7 Å². The Hall–Kier alpha value is -0.340. The van der Waals surface area contributed by atoms with Crippen molar-refractivity contribution in [2.75, 3.05) is 6.61 Å². The predicted octanol–water partition coefficient (Wildman–Crippen LogP) is 7.00. The van der Waals surface area contributed by atoms with Crippen LogP contribution >= 0.6 is 0 Å². The Labute approximate surface area is 197 Å². The summed E-state index contributed by atoms with van der Waals surface area (Å²) in [6, 6.07) is 0. The molecule has 0 heterocycles. The summed E-state index contributed by atoms with van der Waals surface area (Å²) in [4.78, 5) is 0. The van der Waals surface area contributed by atoms with Gasteiger partial charge in [-0.3, -0.25) is 0 Å². The molecular formula is C30H50O2. The van der Waals surface area contributed by atoms with Crippen molar-refractivity contribution >= 4 is 0 Å². The molecule has 2 N–H and O–H groups in total. The first-order valence-corrected chi connectivity index (χ1v) is 13.8. The zero-order chi connectivity index (χ0) is 23.3. The second-order valence-electron chi connectivity index (χ2n) is 14.6. The minimum Gasteiger partial charge on any atom is -0.396 e. The maximum Gasteiger partial charge on any atom is 0.0594 e. The molecular weight excluding hydrogens is 392 g/mol. The van der Waals surface area contributed by atoms with E-state index in [0.29, 0.717) is 40.6 Å². The molecule has 5 rings (SSSR count). The maximum absolute atomic E-state index is 10.9. The Balaban J connectivity index is 1.55. The summed E-state index contributed by atoms with van der Waals surface area (Å²) in [6.07, 6.45) is 12.2. The SMILES string of the molecule is C=C(C)[C@H]1CC[C@@]2(CO)CC[C@]3(C)[C@H](CC[C@H]4[C@@]5(C)CC[C@@H](O)C(C)(C)[C@H]5CC[C@@]43C)[C@@H]12. The van der Waals surface area contributed by atoms with E-state index >= 15 is 0 Å². The first-order valence-electron chi connectivity index (χ1n) is 13.8. The molecule has 0 aromatic heterocycles. The lowest BCUT2D eigenvalue weighted by atomic mass is 9.32. The van der Waals surface area contributed by atoms with Gasteiger partial charge in [-0.05, 0) is 128 Å². The number of fused-ring (bicyclic) bond motifs is 7. The van der Waals surface area contributed by atoms with Crippen molar-refractivity contribution in [3.05, 3.63) is 12.2 Å². The Bertz CT molecular complexity index is 786. The van der Waals surface area contributed by atoms with E-state index < -0.39 is 0 Å². The molecule has 5 saturated carbocycles.